The minimum Gasteiger partial charge on any atom is -0.406 e. The van der Waals surface area contributed by atoms with Crippen LogP contribution in [0.2, 0.25) is 4.34 Å². The second kappa shape index (κ2) is 5.72. The largest absolute Gasteiger partial charge is 0.573 e. The van der Waals surface area contributed by atoms with E-state index in [1.165, 1.54) is 12.1 Å². The van der Waals surface area contributed by atoms with Crippen LogP contribution in [0.4, 0.5) is 18.9 Å². The lowest BCUT2D eigenvalue weighted by Gasteiger charge is -2.09. The van der Waals surface area contributed by atoms with E-state index in [0.29, 0.717) is 14.9 Å². The molecule has 0 aliphatic rings. The van der Waals surface area contributed by atoms with Crippen molar-refractivity contribution >= 4 is 34.5 Å². The Morgan fingerprint density at radius 2 is 1.80 bits per heavy atom. The van der Waals surface area contributed by atoms with E-state index in [0.717, 1.165) is 23.5 Å². The van der Waals surface area contributed by atoms with Crippen molar-refractivity contribution in [2.75, 3.05) is 5.32 Å². The van der Waals surface area contributed by atoms with Gasteiger partial charge in [-0.1, -0.05) is 11.6 Å². The van der Waals surface area contributed by atoms with Gasteiger partial charge in [0.2, 0.25) is 0 Å². The van der Waals surface area contributed by atoms with Gasteiger partial charge < -0.3 is 10.1 Å². The van der Waals surface area contributed by atoms with E-state index in [1.54, 1.807) is 12.1 Å². The number of anilines is 1. The average Bonchev–Trinajstić information content (AvgIpc) is 2.77. The van der Waals surface area contributed by atoms with E-state index in [4.69, 9.17) is 11.6 Å². The molecule has 2 aromatic rings. The highest BCUT2D eigenvalue weighted by atomic mass is 35.5. The predicted molar refractivity (Wildman–Crippen MR) is 70.4 cm³/mol. The molecule has 0 aliphatic carbocycles. The van der Waals surface area contributed by atoms with Crippen LogP contribution in [0, 0.1) is 0 Å². The maximum Gasteiger partial charge on any atom is 0.573 e. The summed E-state index contributed by atoms with van der Waals surface area (Å²) in [7, 11) is 0. The van der Waals surface area contributed by atoms with Crippen LogP contribution in [0.15, 0.2) is 36.4 Å². The van der Waals surface area contributed by atoms with Gasteiger partial charge in [-0.05, 0) is 36.4 Å². The van der Waals surface area contributed by atoms with Crippen molar-refractivity contribution in [1.29, 1.82) is 0 Å². The highest BCUT2D eigenvalue weighted by Crippen LogP contribution is 2.25. The molecule has 1 heterocycles. The highest BCUT2D eigenvalue weighted by molar-refractivity contribution is 7.18. The number of ether oxygens (including phenoxy) is 1. The Kier molecular flexibility index (Phi) is 4.20. The van der Waals surface area contributed by atoms with Gasteiger partial charge in [0.1, 0.15) is 5.75 Å². The topological polar surface area (TPSA) is 38.3 Å². The summed E-state index contributed by atoms with van der Waals surface area (Å²) in [5.41, 5.74) is 0.356. The van der Waals surface area contributed by atoms with Crippen LogP contribution in [-0.2, 0) is 0 Å². The third-order valence-electron chi connectivity index (χ3n) is 2.14. The lowest BCUT2D eigenvalue weighted by molar-refractivity contribution is -0.274. The molecule has 1 aromatic heterocycles. The number of rotatable bonds is 3. The van der Waals surface area contributed by atoms with Crippen molar-refractivity contribution in [2.24, 2.45) is 0 Å². The van der Waals surface area contributed by atoms with E-state index in [2.05, 4.69) is 10.1 Å². The Morgan fingerprint density at radius 1 is 1.15 bits per heavy atom. The maximum atomic E-state index is 12.0. The number of alkyl halides is 3. The van der Waals surface area contributed by atoms with Crippen LogP contribution in [-0.4, -0.2) is 12.3 Å². The molecule has 0 spiro atoms. The summed E-state index contributed by atoms with van der Waals surface area (Å²) in [6, 6.07) is 8.00. The predicted octanol–water partition coefficient (Wildman–Crippen LogP) is 4.55. The van der Waals surface area contributed by atoms with Crippen LogP contribution in [0.1, 0.15) is 9.67 Å². The minimum atomic E-state index is -4.74. The monoisotopic (exact) mass is 321 g/mol. The third kappa shape index (κ3) is 4.14. The summed E-state index contributed by atoms with van der Waals surface area (Å²) >= 11 is 6.81. The molecule has 0 saturated heterocycles. The van der Waals surface area contributed by atoms with Crippen molar-refractivity contribution < 1.29 is 22.7 Å². The summed E-state index contributed by atoms with van der Waals surface area (Å²) in [5.74, 6) is -0.735. The summed E-state index contributed by atoms with van der Waals surface area (Å²) in [6.45, 7) is 0. The first-order chi connectivity index (χ1) is 9.33. The van der Waals surface area contributed by atoms with Crippen LogP contribution >= 0.6 is 22.9 Å². The zero-order valence-electron chi connectivity index (χ0n) is 9.70. The van der Waals surface area contributed by atoms with Crippen molar-refractivity contribution in [3.05, 3.63) is 45.6 Å². The first-order valence-electron chi connectivity index (χ1n) is 5.26. The average molecular weight is 322 g/mol. The molecular formula is C12H7ClF3NO2S. The highest BCUT2D eigenvalue weighted by Gasteiger charge is 2.30. The van der Waals surface area contributed by atoms with Crippen LogP contribution < -0.4 is 10.1 Å². The molecule has 0 saturated carbocycles. The van der Waals surface area contributed by atoms with Crippen molar-refractivity contribution in [3.8, 4) is 5.75 Å². The minimum absolute atomic E-state index is 0.352. The van der Waals surface area contributed by atoms with Gasteiger partial charge in [-0.2, -0.15) is 0 Å². The second-order valence-electron chi connectivity index (χ2n) is 3.63. The number of hydrogen-bond acceptors (Lipinski definition) is 3. The zero-order chi connectivity index (χ0) is 14.8. The van der Waals surface area contributed by atoms with Crippen LogP contribution in [0.3, 0.4) is 0 Å². The van der Waals surface area contributed by atoms with Gasteiger partial charge in [0.25, 0.3) is 5.91 Å². The van der Waals surface area contributed by atoms with E-state index in [9.17, 15) is 18.0 Å². The number of thiophene rings is 1. The number of hydrogen-bond donors (Lipinski definition) is 1. The van der Waals surface area contributed by atoms with Gasteiger partial charge in [0.15, 0.2) is 0 Å². The molecule has 0 fully saturated rings. The van der Waals surface area contributed by atoms with E-state index >= 15 is 0 Å². The Balaban J connectivity index is 2.02. The smallest absolute Gasteiger partial charge is 0.406 e. The van der Waals surface area contributed by atoms with Crippen LogP contribution in [0.25, 0.3) is 0 Å². The Bertz CT molecular complexity index is 610. The fourth-order valence-electron chi connectivity index (χ4n) is 1.37. The standard InChI is InChI=1S/C12H7ClF3NO2S/c13-10-6-5-9(20-10)11(18)17-7-1-3-8(4-2-7)19-12(14,15)16/h1-6H,(H,17,18). The lowest BCUT2D eigenvalue weighted by Crippen LogP contribution is -2.17. The fourth-order valence-corrected chi connectivity index (χ4v) is 2.31. The van der Waals surface area contributed by atoms with Gasteiger partial charge in [-0.25, -0.2) is 0 Å². The number of amides is 1. The van der Waals surface area contributed by atoms with E-state index in [1.807, 2.05) is 0 Å². The van der Waals surface area contributed by atoms with Crippen molar-refractivity contribution in [1.82, 2.24) is 0 Å². The molecule has 8 heteroatoms. The Morgan fingerprint density at radius 3 is 2.30 bits per heavy atom. The Hall–Kier alpha value is -1.73. The first kappa shape index (κ1) is 14.7. The lowest BCUT2D eigenvalue weighted by atomic mass is 10.3. The van der Waals surface area contributed by atoms with Gasteiger partial charge in [-0.3, -0.25) is 4.79 Å². The summed E-state index contributed by atoms with van der Waals surface area (Å²) in [4.78, 5) is 12.2. The molecule has 1 N–H and O–H groups in total. The molecular weight excluding hydrogens is 315 g/mol. The van der Waals surface area contributed by atoms with Crippen LogP contribution in [0.5, 0.6) is 5.75 Å². The van der Waals surface area contributed by atoms with Gasteiger partial charge in [0.05, 0.1) is 9.21 Å². The third-order valence-corrected chi connectivity index (χ3v) is 3.37. The fraction of sp³-hybridized carbons (Fsp3) is 0.0833. The summed E-state index contributed by atoms with van der Waals surface area (Å²) in [5, 5.41) is 2.54. The van der Waals surface area contributed by atoms with Crippen molar-refractivity contribution in [2.45, 2.75) is 6.36 Å². The number of benzene rings is 1. The molecule has 1 aromatic carbocycles. The molecule has 0 atom stereocenters. The molecule has 2 rings (SSSR count). The number of carbonyl (C=O) groups excluding carboxylic acids is 1. The SMILES string of the molecule is O=C(Nc1ccc(OC(F)(F)F)cc1)c1ccc(Cl)s1. The number of carbonyl (C=O) groups is 1. The zero-order valence-corrected chi connectivity index (χ0v) is 11.3. The molecule has 0 bridgehead atoms. The summed E-state index contributed by atoms with van der Waals surface area (Å²) in [6.07, 6.45) is -4.74. The molecule has 3 nitrogen and oxygen atoms in total. The molecule has 20 heavy (non-hydrogen) atoms. The van der Waals surface area contributed by atoms with Gasteiger partial charge in [-0.15, -0.1) is 24.5 Å². The van der Waals surface area contributed by atoms with E-state index < -0.39 is 6.36 Å². The van der Waals surface area contributed by atoms with Gasteiger partial charge in [0, 0.05) is 5.69 Å². The second-order valence-corrected chi connectivity index (χ2v) is 5.35. The first-order valence-corrected chi connectivity index (χ1v) is 6.45. The van der Waals surface area contributed by atoms with Crippen molar-refractivity contribution in [3.63, 3.8) is 0 Å². The molecule has 0 unspecified atom stereocenters. The number of halogens is 4. The normalized spacial score (nSPS) is 11.2. The maximum absolute atomic E-state index is 12.0. The number of nitrogens with one attached hydrogen (secondary N) is 1. The van der Waals surface area contributed by atoms with E-state index in [-0.39, 0.29) is 11.7 Å². The molecule has 1 amide bonds. The molecule has 0 radical (unpaired) electrons. The van der Waals surface area contributed by atoms with Gasteiger partial charge >= 0.3 is 6.36 Å². The molecule has 106 valence electrons. The Labute approximate surface area is 120 Å². The summed E-state index contributed by atoms with van der Waals surface area (Å²) < 4.78 is 40.1. The quantitative estimate of drug-likeness (QED) is 0.900. The molecule has 0 aliphatic heterocycles.